The average Bonchev–Trinajstić information content (AvgIpc) is 3.31. The van der Waals surface area contributed by atoms with Crippen molar-refractivity contribution in [2.75, 3.05) is 38.2 Å². The summed E-state index contributed by atoms with van der Waals surface area (Å²) in [5, 5.41) is 12.5. The van der Waals surface area contributed by atoms with Crippen molar-refractivity contribution in [2.24, 2.45) is 0 Å². The first kappa shape index (κ1) is 23.7. The number of anilines is 1. The highest BCUT2D eigenvalue weighted by Gasteiger charge is 2.25. The van der Waals surface area contributed by atoms with Crippen LogP contribution in [-0.4, -0.2) is 49.0 Å². The molecule has 8 nitrogen and oxygen atoms in total. The van der Waals surface area contributed by atoms with Crippen LogP contribution in [0.15, 0.2) is 59.0 Å². The summed E-state index contributed by atoms with van der Waals surface area (Å²) in [5.74, 6) is 1.35. The molecular weight excluding hydrogens is 481 g/mol. The molecule has 0 aliphatic carbocycles. The van der Waals surface area contributed by atoms with Gasteiger partial charge >= 0.3 is 0 Å². The molecular formula is C24H21Cl2N3O5. The van der Waals surface area contributed by atoms with E-state index < -0.39 is 4.92 Å². The van der Waals surface area contributed by atoms with Crippen LogP contribution in [0.25, 0.3) is 17.4 Å². The summed E-state index contributed by atoms with van der Waals surface area (Å²) in [4.78, 5) is 27.3. The summed E-state index contributed by atoms with van der Waals surface area (Å²) in [6.45, 7) is 1.84. The van der Waals surface area contributed by atoms with Crippen molar-refractivity contribution in [3.63, 3.8) is 0 Å². The van der Waals surface area contributed by atoms with Gasteiger partial charge in [0.1, 0.15) is 23.0 Å². The Balaban J connectivity index is 1.38. The van der Waals surface area contributed by atoms with Gasteiger partial charge in [-0.05, 0) is 48.5 Å². The molecule has 1 aromatic heterocycles. The van der Waals surface area contributed by atoms with E-state index in [4.69, 9.17) is 32.4 Å². The van der Waals surface area contributed by atoms with E-state index in [2.05, 4.69) is 0 Å². The Morgan fingerprint density at radius 1 is 1.09 bits per heavy atom. The number of hydrogen-bond acceptors (Lipinski definition) is 6. The lowest BCUT2D eigenvalue weighted by Gasteiger charge is -2.35. The van der Waals surface area contributed by atoms with Crippen molar-refractivity contribution in [3.8, 4) is 17.1 Å². The van der Waals surface area contributed by atoms with Crippen molar-refractivity contribution >= 4 is 46.6 Å². The molecule has 1 fully saturated rings. The number of ether oxygens (including phenoxy) is 1. The second-order valence-electron chi connectivity index (χ2n) is 7.58. The van der Waals surface area contributed by atoms with Gasteiger partial charge in [-0.1, -0.05) is 23.2 Å². The Morgan fingerprint density at radius 3 is 2.53 bits per heavy atom. The van der Waals surface area contributed by atoms with Crippen molar-refractivity contribution in [1.29, 1.82) is 0 Å². The Kier molecular flexibility index (Phi) is 7.09. The molecule has 0 radical (unpaired) electrons. The summed E-state index contributed by atoms with van der Waals surface area (Å²) >= 11 is 12.2. The lowest BCUT2D eigenvalue weighted by Crippen LogP contribution is -2.48. The molecule has 2 heterocycles. The van der Waals surface area contributed by atoms with Crippen LogP contribution in [-0.2, 0) is 4.79 Å². The molecule has 1 aliphatic rings. The zero-order valence-electron chi connectivity index (χ0n) is 18.2. The van der Waals surface area contributed by atoms with Gasteiger partial charge in [-0.3, -0.25) is 14.9 Å². The average molecular weight is 502 g/mol. The minimum atomic E-state index is -0.424. The van der Waals surface area contributed by atoms with E-state index in [9.17, 15) is 14.9 Å². The zero-order valence-corrected chi connectivity index (χ0v) is 19.8. The fraction of sp³-hybridized carbons (Fsp3) is 0.208. The van der Waals surface area contributed by atoms with Crippen LogP contribution in [0.3, 0.4) is 0 Å². The maximum absolute atomic E-state index is 12.7. The van der Waals surface area contributed by atoms with Gasteiger partial charge in [-0.25, -0.2) is 0 Å². The van der Waals surface area contributed by atoms with E-state index >= 15 is 0 Å². The number of carbonyl (C=O) groups excluding carboxylic acids is 1. The number of benzene rings is 2. The number of nitro groups is 1. The number of piperazine rings is 1. The van der Waals surface area contributed by atoms with Gasteiger partial charge in [0.25, 0.3) is 5.69 Å². The van der Waals surface area contributed by atoms with Crippen LogP contribution >= 0.6 is 23.2 Å². The van der Waals surface area contributed by atoms with Crippen molar-refractivity contribution in [1.82, 2.24) is 4.90 Å². The van der Waals surface area contributed by atoms with E-state index in [-0.39, 0.29) is 11.6 Å². The molecule has 0 unspecified atom stereocenters. The third-order valence-electron chi connectivity index (χ3n) is 5.52. The summed E-state index contributed by atoms with van der Waals surface area (Å²) in [6, 6.07) is 13.4. The Hall–Kier alpha value is -3.49. The molecule has 2 aromatic carbocycles. The second kappa shape index (κ2) is 10.2. The minimum Gasteiger partial charge on any atom is -0.496 e. The molecule has 34 heavy (non-hydrogen) atoms. The Bertz CT molecular complexity index is 1250. The molecule has 1 aliphatic heterocycles. The molecule has 0 N–H and O–H groups in total. The van der Waals surface area contributed by atoms with E-state index in [0.29, 0.717) is 64.7 Å². The lowest BCUT2D eigenvalue weighted by atomic mass is 10.2. The van der Waals surface area contributed by atoms with Gasteiger partial charge in [0, 0.05) is 42.8 Å². The van der Waals surface area contributed by atoms with E-state index in [1.54, 1.807) is 53.4 Å². The standard InChI is InChI=1S/C24H21Cl2N3O5/c1-33-18-3-7-21(22(15-18)29(31)32)27-10-12-28(13-11-27)24(30)9-5-17-4-8-23(34-17)19-6-2-16(25)14-20(19)26/h2-9,14-15H,10-13H2,1H3/b9-5+. The Morgan fingerprint density at radius 2 is 1.85 bits per heavy atom. The van der Waals surface area contributed by atoms with E-state index in [1.807, 2.05) is 4.90 Å². The van der Waals surface area contributed by atoms with Gasteiger partial charge < -0.3 is 19.0 Å². The number of hydrogen-bond donors (Lipinski definition) is 0. The molecule has 176 valence electrons. The third kappa shape index (κ3) is 5.18. The van der Waals surface area contributed by atoms with Crippen LogP contribution in [0.1, 0.15) is 5.76 Å². The van der Waals surface area contributed by atoms with Crippen molar-refractivity contribution in [2.45, 2.75) is 0 Å². The van der Waals surface area contributed by atoms with Crippen molar-refractivity contribution in [3.05, 3.63) is 80.5 Å². The molecule has 0 bridgehead atoms. The maximum atomic E-state index is 12.7. The van der Waals surface area contributed by atoms with Crippen LogP contribution in [0.4, 0.5) is 11.4 Å². The first-order valence-electron chi connectivity index (χ1n) is 10.5. The van der Waals surface area contributed by atoms with Crippen LogP contribution < -0.4 is 9.64 Å². The minimum absolute atomic E-state index is 0.0200. The first-order valence-corrected chi connectivity index (χ1v) is 11.2. The summed E-state index contributed by atoms with van der Waals surface area (Å²) < 4.78 is 10.9. The van der Waals surface area contributed by atoms with Gasteiger partial charge in [0.2, 0.25) is 5.91 Å². The van der Waals surface area contributed by atoms with Crippen LogP contribution in [0, 0.1) is 10.1 Å². The highest BCUT2D eigenvalue weighted by atomic mass is 35.5. The van der Waals surface area contributed by atoms with Crippen molar-refractivity contribution < 1.29 is 18.9 Å². The highest BCUT2D eigenvalue weighted by molar-refractivity contribution is 6.36. The van der Waals surface area contributed by atoms with Gasteiger partial charge in [0.15, 0.2) is 0 Å². The molecule has 10 heteroatoms. The smallest absolute Gasteiger partial charge is 0.296 e. The number of furan rings is 1. The molecule has 4 rings (SSSR count). The molecule has 0 spiro atoms. The quantitative estimate of drug-likeness (QED) is 0.250. The van der Waals surface area contributed by atoms with Crippen LogP contribution in [0.5, 0.6) is 5.75 Å². The van der Waals surface area contributed by atoms with E-state index in [1.165, 1.54) is 19.3 Å². The van der Waals surface area contributed by atoms with Crippen LogP contribution in [0.2, 0.25) is 10.0 Å². The number of methoxy groups -OCH3 is 1. The van der Waals surface area contributed by atoms with E-state index in [0.717, 1.165) is 0 Å². The number of nitrogens with zero attached hydrogens (tertiary/aromatic N) is 3. The molecule has 0 atom stereocenters. The fourth-order valence-electron chi connectivity index (χ4n) is 3.75. The summed E-state index contributed by atoms with van der Waals surface area (Å²) in [5.41, 5.74) is 1.20. The van der Waals surface area contributed by atoms with Gasteiger partial charge in [-0.15, -0.1) is 0 Å². The number of nitro benzene ring substituents is 1. The highest BCUT2D eigenvalue weighted by Crippen LogP contribution is 2.33. The number of rotatable bonds is 6. The Labute approximate surface area is 206 Å². The number of halogens is 2. The summed E-state index contributed by atoms with van der Waals surface area (Å²) in [7, 11) is 1.47. The largest absolute Gasteiger partial charge is 0.496 e. The SMILES string of the molecule is COc1ccc(N2CCN(C(=O)/C=C/c3ccc(-c4ccc(Cl)cc4Cl)o3)CC2)c([N+](=O)[O-])c1. The number of amides is 1. The zero-order chi connectivity index (χ0) is 24.2. The molecule has 3 aromatic rings. The fourth-order valence-corrected chi connectivity index (χ4v) is 4.25. The summed E-state index contributed by atoms with van der Waals surface area (Å²) in [6.07, 6.45) is 3.06. The van der Waals surface area contributed by atoms with Gasteiger partial charge in [0.05, 0.1) is 23.1 Å². The molecule has 1 saturated heterocycles. The lowest BCUT2D eigenvalue weighted by molar-refractivity contribution is -0.384. The number of carbonyl (C=O) groups is 1. The normalized spacial score (nSPS) is 14.0. The predicted molar refractivity (Wildman–Crippen MR) is 132 cm³/mol. The molecule has 1 amide bonds. The second-order valence-corrected chi connectivity index (χ2v) is 8.43. The third-order valence-corrected chi connectivity index (χ3v) is 6.07. The topological polar surface area (TPSA) is 89.1 Å². The molecule has 0 saturated carbocycles. The monoisotopic (exact) mass is 501 g/mol. The first-order chi connectivity index (χ1) is 16.4. The van der Waals surface area contributed by atoms with Gasteiger partial charge in [-0.2, -0.15) is 0 Å². The predicted octanol–water partition coefficient (Wildman–Crippen LogP) is 5.53. The maximum Gasteiger partial charge on any atom is 0.296 e.